The fourth-order valence-corrected chi connectivity index (χ4v) is 4.70. The number of hydrogen-bond acceptors (Lipinski definition) is 5. The van der Waals surface area contributed by atoms with E-state index in [4.69, 9.17) is 11.6 Å². The van der Waals surface area contributed by atoms with Crippen LogP contribution in [0.25, 0.3) is 10.1 Å². The Hall–Kier alpha value is -3.20. The number of nitrogens with one attached hydrogen (secondary N) is 2. The van der Waals surface area contributed by atoms with Gasteiger partial charge >= 0.3 is 0 Å². The van der Waals surface area contributed by atoms with Crippen LogP contribution in [-0.4, -0.2) is 23.1 Å². The average molecular weight is 529 g/mol. The number of thiophene rings is 1. The van der Waals surface area contributed by atoms with Crippen molar-refractivity contribution in [2.45, 2.75) is 0 Å². The molecular weight excluding hydrogens is 514 g/mol. The summed E-state index contributed by atoms with van der Waals surface area (Å²) in [6.07, 6.45) is 1.35. The molecule has 0 atom stereocenters. The van der Waals surface area contributed by atoms with Gasteiger partial charge in [-0.1, -0.05) is 45.7 Å². The van der Waals surface area contributed by atoms with Crippen molar-refractivity contribution in [1.82, 2.24) is 5.43 Å². The summed E-state index contributed by atoms with van der Waals surface area (Å²) in [5, 5.41) is 17.7. The number of benzene rings is 3. The lowest BCUT2D eigenvalue weighted by Crippen LogP contribution is -2.17. The molecule has 3 N–H and O–H groups in total. The lowest BCUT2D eigenvalue weighted by atomic mass is 10.2. The fraction of sp³-hybridized carbons (Fsp3) is 0. The van der Waals surface area contributed by atoms with Crippen LogP contribution in [0.1, 0.15) is 25.6 Å². The monoisotopic (exact) mass is 527 g/mol. The number of rotatable bonds is 5. The van der Waals surface area contributed by atoms with Gasteiger partial charge < -0.3 is 10.4 Å². The second kappa shape index (κ2) is 9.52. The Balaban J connectivity index is 1.40. The van der Waals surface area contributed by atoms with Gasteiger partial charge in [-0.2, -0.15) is 5.10 Å². The molecule has 0 unspecified atom stereocenters. The van der Waals surface area contributed by atoms with E-state index in [-0.39, 0.29) is 11.7 Å². The lowest BCUT2D eigenvalue weighted by molar-refractivity contribution is 0.0954. The van der Waals surface area contributed by atoms with Crippen molar-refractivity contribution in [3.63, 3.8) is 0 Å². The number of nitrogens with zero attached hydrogens (tertiary/aromatic N) is 1. The Bertz CT molecular complexity index is 1350. The number of hydrogen-bond donors (Lipinski definition) is 3. The molecule has 0 bridgehead atoms. The van der Waals surface area contributed by atoms with Crippen molar-refractivity contribution in [2.24, 2.45) is 5.10 Å². The topological polar surface area (TPSA) is 90.8 Å². The van der Waals surface area contributed by atoms with Gasteiger partial charge in [-0.3, -0.25) is 9.59 Å². The van der Waals surface area contributed by atoms with E-state index in [1.54, 1.807) is 36.4 Å². The first-order chi connectivity index (χ1) is 15.4. The van der Waals surface area contributed by atoms with E-state index in [0.29, 0.717) is 26.7 Å². The Morgan fingerprint density at radius 1 is 1.03 bits per heavy atom. The number of halogens is 2. The molecule has 1 heterocycles. The van der Waals surface area contributed by atoms with Crippen molar-refractivity contribution in [2.75, 3.05) is 5.32 Å². The van der Waals surface area contributed by atoms with Crippen molar-refractivity contribution in [3.05, 3.63) is 92.2 Å². The first-order valence-electron chi connectivity index (χ1n) is 9.33. The number of carbonyl (C=O) groups is 2. The number of aromatic hydroxyl groups is 1. The molecule has 0 radical (unpaired) electrons. The third kappa shape index (κ3) is 4.83. The van der Waals surface area contributed by atoms with Gasteiger partial charge in [0.15, 0.2) is 0 Å². The maximum Gasteiger partial charge on any atom is 0.271 e. The molecule has 1 aromatic heterocycles. The molecule has 0 spiro atoms. The second-order valence-corrected chi connectivity index (χ2v) is 9.02. The number of anilines is 1. The van der Waals surface area contributed by atoms with E-state index in [2.05, 4.69) is 31.8 Å². The first-order valence-corrected chi connectivity index (χ1v) is 11.3. The molecule has 0 aliphatic carbocycles. The molecular formula is C23H15BrClN3O3S. The Morgan fingerprint density at radius 2 is 1.78 bits per heavy atom. The van der Waals surface area contributed by atoms with Crippen LogP contribution < -0.4 is 10.7 Å². The SMILES string of the molecule is O=C(N/N=C\c1cc(Br)ccc1O)c1ccc(NC(=O)c2sc3ccccc3c2Cl)cc1. The number of phenolic OH excluding ortho intramolecular Hbond substituents is 1. The first kappa shape index (κ1) is 22.0. The molecule has 6 nitrogen and oxygen atoms in total. The number of hydrazone groups is 1. The predicted octanol–water partition coefficient (Wildman–Crippen LogP) is 6.04. The summed E-state index contributed by atoms with van der Waals surface area (Å²) >= 11 is 11.0. The number of fused-ring (bicyclic) bond motifs is 1. The lowest BCUT2D eigenvalue weighted by Gasteiger charge is -2.06. The summed E-state index contributed by atoms with van der Waals surface area (Å²) in [7, 11) is 0. The normalized spacial score (nSPS) is 11.1. The van der Waals surface area contributed by atoms with Crippen LogP contribution in [0.3, 0.4) is 0 Å². The highest BCUT2D eigenvalue weighted by Crippen LogP contribution is 2.35. The summed E-state index contributed by atoms with van der Waals surface area (Å²) < 4.78 is 1.71. The molecule has 0 fully saturated rings. The van der Waals surface area contributed by atoms with E-state index < -0.39 is 5.91 Å². The molecule has 0 saturated carbocycles. The van der Waals surface area contributed by atoms with Crippen LogP contribution in [0.15, 0.2) is 76.3 Å². The van der Waals surface area contributed by atoms with Gasteiger partial charge in [-0.05, 0) is 48.5 Å². The van der Waals surface area contributed by atoms with Crippen molar-refractivity contribution in [3.8, 4) is 5.75 Å². The molecule has 0 aliphatic heterocycles. The minimum absolute atomic E-state index is 0.0463. The molecule has 0 saturated heterocycles. The van der Waals surface area contributed by atoms with Gasteiger partial charge in [0.2, 0.25) is 0 Å². The number of amides is 2. The zero-order valence-corrected chi connectivity index (χ0v) is 19.5. The standard InChI is InChI=1S/C23H15BrClN3O3S/c24-15-7-10-18(29)14(11-15)12-26-28-22(30)13-5-8-16(9-6-13)27-23(31)21-20(25)17-3-1-2-4-19(17)32-21/h1-12,29H,(H,27,31)(H,28,30)/b26-12-. The highest BCUT2D eigenvalue weighted by Gasteiger charge is 2.17. The third-order valence-electron chi connectivity index (χ3n) is 4.51. The maximum absolute atomic E-state index is 12.6. The number of carbonyl (C=O) groups excluding carboxylic acids is 2. The highest BCUT2D eigenvalue weighted by atomic mass is 79.9. The summed E-state index contributed by atoms with van der Waals surface area (Å²) in [6, 6.07) is 18.8. The third-order valence-corrected chi connectivity index (χ3v) is 6.67. The van der Waals surface area contributed by atoms with Gasteiger partial charge in [-0.25, -0.2) is 5.43 Å². The Morgan fingerprint density at radius 3 is 2.53 bits per heavy atom. The van der Waals surface area contributed by atoms with Crippen molar-refractivity contribution >= 4 is 72.7 Å². The second-order valence-electron chi connectivity index (χ2n) is 6.68. The molecule has 9 heteroatoms. The van der Waals surface area contributed by atoms with Crippen molar-refractivity contribution in [1.29, 1.82) is 0 Å². The maximum atomic E-state index is 12.6. The molecule has 32 heavy (non-hydrogen) atoms. The average Bonchev–Trinajstić information content (AvgIpc) is 3.13. The predicted molar refractivity (Wildman–Crippen MR) is 132 cm³/mol. The Kier molecular flexibility index (Phi) is 6.55. The summed E-state index contributed by atoms with van der Waals surface area (Å²) in [6.45, 7) is 0. The van der Waals surface area contributed by atoms with Crippen LogP contribution in [0.5, 0.6) is 5.75 Å². The minimum Gasteiger partial charge on any atom is -0.507 e. The van der Waals surface area contributed by atoms with Crippen LogP contribution in [0.2, 0.25) is 5.02 Å². The van der Waals surface area contributed by atoms with E-state index in [0.717, 1.165) is 14.6 Å². The zero-order chi connectivity index (χ0) is 22.7. The quantitative estimate of drug-likeness (QED) is 0.218. The zero-order valence-electron chi connectivity index (χ0n) is 16.3. The number of phenols is 1. The van der Waals surface area contributed by atoms with Gasteiger partial charge in [-0.15, -0.1) is 11.3 Å². The van der Waals surface area contributed by atoms with Crippen LogP contribution in [-0.2, 0) is 0 Å². The molecule has 2 amide bonds. The van der Waals surface area contributed by atoms with E-state index in [1.165, 1.54) is 23.6 Å². The summed E-state index contributed by atoms with van der Waals surface area (Å²) in [5.74, 6) is -0.696. The van der Waals surface area contributed by atoms with Crippen LogP contribution in [0.4, 0.5) is 5.69 Å². The highest BCUT2D eigenvalue weighted by molar-refractivity contribution is 9.10. The molecule has 4 rings (SSSR count). The van der Waals surface area contributed by atoms with Gasteiger partial charge in [0.25, 0.3) is 11.8 Å². The molecule has 4 aromatic rings. The van der Waals surface area contributed by atoms with Crippen molar-refractivity contribution < 1.29 is 14.7 Å². The minimum atomic E-state index is -0.429. The smallest absolute Gasteiger partial charge is 0.271 e. The van der Waals surface area contributed by atoms with E-state index in [9.17, 15) is 14.7 Å². The van der Waals surface area contributed by atoms with Gasteiger partial charge in [0.1, 0.15) is 10.6 Å². The Labute approximate surface area is 200 Å². The van der Waals surface area contributed by atoms with Crippen LogP contribution >= 0.6 is 38.9 Å². The molecule has 160 valence electrons. The van der Waals surface area contributed by atoms with Gasteiger partial charge in [0.05, 0.1) is 11.2 Å². The molecule has 0 aliphatic rings. The summed E-state index contributed by atoms with van der Waals surface area (Å²) in [4.78, 5) is 25.4. The molecule has 3 aromatic carbocycles. The van der Waals surface area contributed by atoms with E-state index in [1.807, 2.05) is 24.3 Å². The summed E-state index contributed by atoms with van der Waals surface area (Å²) in [5.41, 5.74) is 3.75. The fourth-order valence-electron chi connectivity index (χ4n) is 2.91. The van der Waals surface area contributed by atoms with Gasteiger partial charge in [0, 0.05) is 31.4 Å². The van der Waals surface area contributed by atoms with E-state index >= 15 is 0 Å². The van der Waals surface area contributed by atoms with Crippen LogP contribution in [0, 0.1) is 0 Å². The largest absolute Gasteiger partial charge is 0.507 e.